The normalized spacial score (nSPS) is 21.7. The van der Waals surface area contributed by atoms with Crippen LogP contribution in [-0.4, -0.2) is 64.2 Å². The molecule has 2 aliphatic rings. The van der Waals surface area contributed by atoms with Crippen LogP contribution >= 0.6 is 0 Å². The van der Waals surface area contributed by atoms with Crippen molar-refractivity contribution >= 4 is 15.9 Å². The number of nitrogens with zero attached hydrogens (tertiary/aromatic N) is 5. The van der Waals surface area contributed by atoms with E-state index in [2.05, 4.69) is 10.2 Å². The molecule has 0 saturated carbocycles. The molecule has 2 aromatic heterocycles. The van der Waals surface area contributed by atoms with Crippen molar-refractivity contribution in [2.45, 2.75) is 38.3 Å². The van der Waals surface area contributed by atoms with Crippen LogP contribution in [-0.2, 0) is 23.0 Å². The number of piperidine rings is 1. The molecule has 1 atom stereocenters. The van der Waals surface area contributed by atoms with Gasteiger partial charge in [-0.15, -0.1) is 10.2 Å². The number of sulfonamides is 1. The Hall–Kier alpha value is -2.20. The molecule has 146 valence electrons. The summed E-state index contributed by atoms with van der Waals surface area (Å²) in [6.07, 6.45) is 5.86. The van der Waals surface area contributed by atoms with Crippen LogP contribution in [0.25, 0.3) is 0 Å². The number of aromatic nitrogens is 3. The molecule has 27 heavy (non-hydrogen) atoms. The van der Waals surface area contributed by atoms with Crippen LogP contribution in [0.5, 0.6) is 0 Å². The average Bonchev–Trinajstić information content (AvgIpc) is 3.27. The third-order valence-electron chi connectivity index (χ3n) is 5.25. The Morgan fingerprint density at radius 2 is 2.04 bits per heavy atom. The molecule has 9 nitrogen and oxygen atoms in total. The molecule has 2 aromatic rings. The van der Waals surface area contributed by atoms with E-state index in [0.29, 0.717) is 44.2 Å². The molecule has 0 aliphatic carbocycles. The zero-order chi connectivity index (χ0) is 19.0. The van der Waals surface area contributed by atoms with E-state index in [9.17, 15) is 13.2 Å². The van der Waals surface area contributed by atoms with Gasteiger partial charge in [-0.3, -0.25) is 4.79 Å². The van der Waals surface area contributed by atoms with Gasteiger partial charge in [0.1, 0.15) is 5.82 Å². The smallest absolute Gasteiger partial charge is 0.289 e. The van der Waals surface area contributed by atoms with E-state index in [4.69, 9.17) is 4.42 Å². The van der Waals surface area contributed by atoms with Gasteiger partial charge in [-0.1, -0.05) is 6.42 Å². The summed E-state index contributed by atoms with van der Waals surface area (Å²) in [4.78, 5) is 14.3. The number of hydrogen-bond donors (Lipinski definition) is 0. The lowest BCUT2D eigenvalue weighted by atomic mass is 10.0. The molecular formula is C17H23N5O4S. The van der Waals surface area contributed by atoms with Gasteiger partial charge in [0.15, 0.2) is 11.6 Å². The van der Waals surface area contributed by atoms with E-state index in [-0.39, 0.29) is 11.9 Å². The summed E-state index contributed by atoms with van der Waals surface area (Å²) in [6.45, 7) is 2.08. The summed E-state index contributed by atoms with van der Waals surface area (Å²) in [6, 6.07) is 3.06. The Morgan fingerprint density at radius 3 is 2.78 bits per heavy atom. The van der Waals surface area contributed by atoms with Crippen molar-refractivity contribution in [2.24, 2.45) is 0 Å². The Kier molecular flexibility index (Phi) is 4.77. The summed E-state index contributed by atoms with van der Waals surface area (Å²) >= 11 is 0. The quantitative estimate of drug-likeness (QED) is 0.773. The standard InChI is InChI=1S/C17H23N5O4S/c1-27(24,25)22-8-3-2-5-13(22)16-19-18-15-7-9-20(10-11-21(15)16)17(23)14-6-4-12-26-14/h4,6,12-13H,2-3,5,7-11H2,1H3. The van der Waals surface area contributed by atoms with E-state index in [1.54, 1.807) is 17.0 Å². The van der Waals surface area contributed by atoms with Crippen LogP contribution < -0.4 is 0 Å². The molecule has 1 amide bonds. The fourth-order valence-electron chi connectivity index (χ4n) is 3.91. The number of hydrogen-bond acceptors (Lipinski definition) is 6. The molecule has 2 aliphatic heterocycles. The molecule has 1 unspecified atom stereocenters. The first-order valence-corrected chi connectivity index (χ1v) is 11.0. The zero-order valence-corrected chi connectivity index (χ0v) is 16.1. The van der Waals surface area contributed by atoms with Gasteiger partial charge in [-0.05, 0) is 25.0 Å². The van der Waals surface area contributed by atoms with Crippen molar-refractivity contribution in [2.75, 3.05) is 25.9 Å². The Balaban J connectivity index is 1.57. The van der Waals surface area contributed by atoms with Crippen molar-refractivity contribution in [1.29, 1.82) is 0 Å². The lowest BCUT2D eigenvalue weighted by Crippen LogP contribution is -2.39. The molecule has 0 spiro atoms. The minimum atomic E-state index is -3.32. The van der Waals surface area contributed by atoms with Crippen LogP contribution in [0.1, 0.15) is 47.5 Å². The number of carbonyl (C=O) groups is 1. The molecular weight excluding hydrogens is 370 g/mol. The molecule has 4 heterocycles. The molecule has 1 saturated heterocycles. The van der Waals surface area contributed by atoms with Gasteiger partial charge in [0, 0.05) is 32.6 Å². The minimum Gasteiger partial charge on any atom is -0.459 e. The Labute approximate surface area is 158 Å². The maximum absolute atomic E-state index is 12.6. The topological polar surface area (TPSA) is 102 Å². The fraction of sp³-hybridized carbons (Fsp3) is 0.588. The Bertz CT molecular complexity index is 921. The molecule has 0 radical (unpaired) electrons. The predicted molar refractivity (Wildman–Crippen MR) is 96.5 cm³/mol. The molecule has 1 fully saturated rings. The summed E-state index contributed by atoms with van der Waals surface area (Å²) in [5.41, 5.74) is 0. The average molecular weight is 393 g/mol. The number of furan rings is 1. The summed E-state index contributed by atoms with van der Waals surface area (Å²) in [5.74, 6) is 1.65. The SMILES string of the molecule is CS(=O)(=O)N1CCCCC1c1nnc2n1CCN(C(=O)c1ccco1)CC2. The van der Waals surface area contributed by atoms with Crippen LogP contribution in [0.2, 0.25) is 0 Å². The Morgan fingerprint density at radius 1 is 1.19 bits per heavy atom. The molecule has 4 rings (SSSR count). The monoisotopic (exact) mass is 393 g/mol. The first kappa shape index (κ1) is 18.2. The molecule has 10 heteroatoms. The molecule has 0 bridgehead atoms. The number of fused-ring (bicyclic) bond motifs is 1. The van der Waals surface area contributed by atoms with E-state index in [0.717, 1.165) is 25.1 Å². The third-order valence-corrected chi connectivity index (χ3v) is 6.54. The number of rotatable bonds is 3. The maximum Gasteiger partial charge on any atom is 0.289 e. The van der Waals surface area contributed by atoms with Crippen LogP contribution in [0, 0.1) is 0 Å². The van der Waals surface area contributed by atoms with Crippen molar-refractivity contribution in [3.8, 4) is 0 Å². The summed E-state index contributed by atoms with van der Waals surface area (Å²) < 4.78 is 33.2. The summed E-state index contributed by atoms with van der Waals surface area (Å²) in [5, 5.41) is 8.63. The molecule has 0 aromatic carbocycles. The van der Waals surface area contributed by atoms with Crippen molar-refractivity contribution in [3.05, 3.63) is 35.8 Å². The van der Waals surface area contributed by atoms with Gasteiger partial charge in [0.05, 0.1) is 18.6 Å². The maximum atomic E-state index is 12.6. The van der Waals surface area contributed by atoms with Gasteiger partial charge in [-0.25, -0.2) is 8.42 Å². The zero-order valence-electron chi connectivity index (χ0n) is 15.2. The second-order valence-corrected chi connectivity index (χ2v) is 8.97. The van der Waals surface area contributed by atoms with Crippen molar-refractivity contribution < 1.29 is 17.6 Å². The van der Waals surface area contributed by atoms with Crippen LogP contribution in [0.3, 0.4) is 0 Å². The van der Waals surface area contributed by atoms with E-state index in [1.165, 1.54) is 16.8 Å². The van der Waals surface area contributed by atoms with E-state index >= 15 is 0 Å². The lowest BCUT2D eigenvalue weighted by molar-refractivity contribution is 0.0726. The van der Waals surface area contributed by atoms with Gasteiger partial charge < -0.3 is 13.9 Å². The highest BCUT2D eigenvalue weighted by atomic mass is 32.2. The van der Waals surface area contributed by atoms with Crippen molar-refractivity contribution in [1.82, 2.24) is 24.0 Å². The minimum absolute atomic E-state index is 0.143. The third kappa shape index (κ3) is 3.51. The van der Waals surface area contributed by atoms with Crippen LogP contribution in [0.15, 0.2) is 22.8 Å². The number of carbonyl (C=O) groups excluding carboxylic acids is 1. The van der Waals surface area contributed by atoms with E-state index < -0.39 is 10.0 Å². The second kappa shape index (κ2) is 7.08. The van der Waals surface area contributed by atoms with Gasteiger partial charge in [0.25, 0.3) is 5.91 Å². The van der Waals surface area contributed by atoms with Gasteiger partial charge >= 0.3 is 0 Å². The lowest BCUT2D eigenvalue weighted by Gasteiger charge is -2.33. The highest BCUT2D eigenvalue weighted by molar-refractivity contribution is 7.88. The van der Waals surface area contributed by atoms with Crippen molar-refractivity contribution in [3.63, 3.8) is 0 Å². The predicted octanol–water partition coefficient (Wildman–Crippen LogP) is 1.06. The second-order valence-electron chi connectivity index (χ2n) is 7.03. The van der Waals surface area contributed by atoms with Crippen LogP contribution in [0.4, 0.5) is 0 Å². The first-order chi connectivity index (χ1) is 12.9. The first-order valence-electron chi connectivity index (χ1n) is 9.17. The highest BCUT2D eigenvalue weighted by Gasteiger charge is 2.35. The molecule has 0 N–H and O–H groups in total. The van der Waals surface area contributed by atoms with Gasteiger partial charge in [-0.2, -0.15) is 4.31 Å². The van der Waals surface area contributed by atoms with Gasteiger partial charge in [0.2, 0.25) is 10.0 Å². The summed E-state index contributed by atoms with van der Waals surface area (Å²) in [7, 11) is -3.32. The van der Waals surface area contributed by atoms with E-state index in [1.807, 2.05) is 4.57 Å². The number of amides is 1. The largest absolute Gasteiger partial charge is 0.459 e. The highest BCUT2D eigenvalue weighted by Crippen LogP contribution is 2.32. The fourth-order valence-corrected chi connectivity index (χ4v) is 5.03.